The third-order valence-corrected chi connectivity index (χ3v) is 7.29. The van der Waals surface area contributed by atoms with Crippen molar-refractivity contribution in [2.75, 3.05) is 13.1 Å². The summed E-state index contributed by atoms with van der Waals surface area (Å²) in [5.41, 5.74) is 8.11. The Morgan fingerprint density at radius 3 is 2.96 bits per heavy atom. The molecule has 132 valence electrons. The Morgan fingerprint density at radius 2 is 2.20 bits per heavy atom. The topological polar surface area (TPSA) is 59.2 Å². The van der Waals surface area contributed by atoms with Gasteiger partial charge in [0.25, 0.3) is 5.91 Å². The fraction of sp³-hybridized carbons (Fsp3) is 0.474. The Balaban J connectivity index is 1.47. The van der Waals surface area contributed by atoms with Crippen LogP contribution in [0.4, 0.5) is 0 Å². The van der Waals surface area contributed by atoms with Crippen LogP contribution in [0, 0.1) is 18.8 Å². The van der Waals surface area contributed by atoms with E-state index in [0.29, 0.717) is 11.8 Å². The predicted octanol–water partition coefficient (Wildman–Crippen LogP) is 3.55. The molecule has 2 N–H and O–H groups in total. The summed E-state index contributed by atoms with van der Waals surface area (Å²) in [5.74, 6) is 2.03. The van der Waals surface area contributed by atoms with Crippen molar-refractivity contribution in [3.8, 4) is 0 Å². The van der Waals surface area contributed by atoms with Crippen molar-refractivity contribution in [2.24, 2.45) is 17.6 Å². The zero-order valence-electron chi connectivity index (χ0n) is 14.4. The summed E-state index contributed by atoms with van der Waals surface area (Å²) in [6.45, 7) is 3.70. The average Bonchev–Trinajstić information content (AvgIpc) is 3.31. The fourth-order valence-electron chi connectivity index (χ4n) is 4.04. The molecule has 1 aromatic heterocycles. The number of aryl methyl sites for hydroxylation is 1. The van der Waals surface area contributed by atoms with Crippen molar-refractivity contribution in [1.29, 1.82) is 0 Å². The standard InChI is InChI=1S/C19H23N3OS2/c1-12-21-14(10-24-12)11-25-18-5-3-2-4-15(18)19(23)22-8-13-6-7-17(20)16(13)9-22/h2-5,10,13,16-17H,6-9,11,20H2,1H3. The Morgan fingerprint density at radius 1 is 1.36 bits per heavy atom. The molecule has 4 rings (SSSR count). The normalized spacial score (nSPS) is 25.4. The van der Waals surface area contributed by atoms with E-state index in [1.807, 2.05) is 36.1 Å². The first-order valence-corrected chi connectivity index (χ1v) is 10.7. The number of hydrogen-bond acceptors (Lipinski definition) is 5. The van der Waals surface area contributed by atoms with Crippen LogP contribution < -0.4 is 5.73 Å². The van der Waals surface area contributed by atoms with Gasteiger partial charge in [-0.3, -0.25) is 4.79 Å². The van der Waals surface area contributed by atoms with E-state index in [2.05, 4.69) is 10.4 Å². The lowest BCUT2D eigenvalue weighted by atomic mass is 9.98. The number of nitrogens with zero attached hydrogens (tertiary/aromatic N) is 2. The third-order valence-electron chi connectivity index (χ3n) is 5.36. The van der Waals surface area contributed by atoms with E-state index in [1.54, 1.807) is 23.1 Å². The van der Waals surface area contributed by atoms with E-state index < -0.39 is 0 Å². The van der Waals surface area contributed by atoms with Crippen LogP contribution in [0.15, 0.2) is 34.5 Å². The van der Waals surface area contributed by atoms with Gasteiger partial charge in [-0.2, -0.15) is 0 Å². The molecule has 2 aromatic rings. The molecule has 1 aliphatic carbocycles. The van der Waals surface area contributed by atoms with E-state index in [-0.39, 0.29) is 11.9 Å². The molecule has 1 saturated heterocycles. The zero-order valence-corrected chi connectivity index (χ0v) is 16.0. The molecule has 1 amide bonds. The van der Waals surface area contributed by atoms with Gasteiger partial charge < -0.3 is 10.6 Å². The van der Waals surface area contributed by atoms with Crippen molar-refractivity contribution in [3.63, 3.8) is 0 Å². The monoisotopic (exact) mass is 373 g/mol. The lowest BCUT2D eigenvalue weighted by molar-refractivity contribution is 0.0776. The molecule has 25 heavy (non-hydrogen) atoms. The van der Waals surface area contributed by atoms with Gasteiger partial charge in [0.05, 0.1) is 16.3 Å². The van der Waals surface area contributed by atoms with Crippen LogP contribution >= 0.6 is 23.1 Å². The number of amides is 1. The summed E-state index contributed by atoms with van der Waals surface area (Å²) in [5, 5.41) is 3.18. The molecular weight excluding hydrogens is 350 g/mol. The second kappa shape index (κ2) is 7.09. The molecular formula is C19H23N3OS2. The number of benzene rings is 1. The fourth-order valence-corrected chi connectivity index (χ4v) is 5.69. The number of hydrogen-bond donors (Lipinski definition) is 1. The molecule has 1 aliphatic heterocycles. The molecule has 4 nitrogen and oxygen atoms in total. The molecule has 6 heteroatoms. The van der Waals surface area contributed by atoms with Crippen molar-refractivity contribution in [1.82, 2.24) is 9.88 Å². The molecule has 3 atom stereocenters. The number of thiazole rings is 1. The lowest BCUT2D eigenvalue weighted by Gasteiger charge is -2.20. The van der Waals surface area contributed by atoms with E-state index in [9.17, 15) is 4.79 Å². The second-order valence-electron chi connectivity index (χ2n) is 7.02. The molecule has 1 saturated carbocycles. The summed E-state index contributed by atoms with van der Waals surface area (Å²) in [6, 6.07) is 8.21. The minimum absolute atomic E-state index is 0.152. The first-order valence-electron chi connectivity index (χ1n) is 8.79. The van der Waals surface area contributed by atoms with Crippen molar-refractivity contribution in [2.45, 2.75) is 36.5 Å². The van der Waals surface area contributed by atoms with E-state index in [0.717, 1.165) is 52.8 Å². The molecule has 3 unspecified atom stereocenters. The quantitative estimate of drug-likeness (QED) is 0.833. The molecule has 1 aromatic carbocycles. The van der Waals surface area contributed by atoms with Gasteiger partial charge in [0, 0.05) is 35.2 Å². The van der Waals surface area contributed by atoms with Gasteiger partial charge in [-0.1, -0.05) is 12.1 Å². The number of nitrogens with two attached hydrogens (primary N) is 1. The van der Waals surface area contributed by atoms with Gasteiger partial charge in [-0.25, -0.2) is 4.98 Å². The minimum atomic E-state index is 0.152. The Labute approximate surface area is 156 Å². The van der Waals surface area contributed by atoms with Crippen LogP contribution in [-0.2, 0) is 5.75 Å². The number of rotatable bonds is 4. The highest BCUT2D eigenvalue weighted by Crippen LogP contribution is 2.38. The molecule has 0 bridgehead atoms. The van der Waals surface area contributed by atoms with Gasteiger partial charge in [0.1, 0.15) is 0 Å². The van der Waals surface area contributed by atoms with Gasteiger partial charge in [-0.15, -0.1) is 23.1 Å². The van der Waals surface area contributed by atoms with Crippen LogP contribution in [0.1, 0.15) is 33.9 Å². The number of thioether (sulfide) groups is 1. The van der Waals surface area contributed by atoms with E-state index in [4.69, 9.17) is 5.73 Å². The maximum atomic E-state index is 13.1. The van der Waals surface area contributed by atoms with Crippen LogP contribution in [0.2, 0.25) is 0 Å². The lowest BCUT2D eigenvalue weighted by Crippen LogP contribution is -2.33. The van der Waals surface area contributed by atoms with Crippen molar-refractivity contribution in [3.05, 3.63) is 45.9 Å². The maximum Gasteiger partial charge on any atom is 0.255 e. The molecule has 2 aliphatic rings. The molecule has 2 heterocycles. The minimum Gasteiger partial charge on any atom is -0.338 e. The van der Waals surface area contributed by atoms with Gasteiger partial charge in [0.2, 0.25) is 0 Å². The average molecular weight is 374 g/mol. The van der Waals surface area contributed by atoms with Gasteiger partial charge in [-0.05, 0) is 43.7 Å². The highest BCUT2D eigenvalue weighted by molar-refractivity contribution is 7.98. The van der Waals surface area contributed by atoms with Crippen molar-refractivity contribution >= 4 is 29.0 Å². The van der Waals surface area contributed by atoms with Gasteiger partial charge in [0.15, 0.2) is 0 Å². The highest BCUT2D eigenvalue weighted by atomic mass is 32.2. The van der Waals surface area contributed by atoms with E-state index in [1.165, 1.54) is 0 Å². The number of carbonyl (C=O) groups is 1. The molecule has 0 radical (unpaired) electrons. The van der Waals surface area contributed by atoms with Crippen molar-refractivity contribution < 1.29 is 4.79 Å². The Bertz CT molecular complexity index is 776. The first kappa shape index (κ1) is 17.1. The number of carbonyl (C=O) groups excluding carboxylic acids is 1. The smallest absolute Gasteiger partial charge is 0.255 e. The summed E-state index contributed by atoms with van der Waals surface area (Å²) in [6.07, 6.45) is 2.27. The summed E-state index contributed by atoms with van der Waals surface area (Å²) in [7, 11) is 0. The van der Waals surface area contributed by atoms with Crippen LogP contribution in [-0.4, -0.2) is 34.9 Å². The number of fused-ring (bicyclic) bond motifs is 1. The number of aromatic nitrogens is 1. The van der Waals surface area contributed by atoms with E-state index >= 15 is 0 Å². The maximum absolute atomic E-state index is 13.1. The predicted molar refractivity (Wildman–Crippen MR) is 103 cm³/mol. The number of likely N-dealkylation sites (tertiary alicyclic amines) is 1. The first-order chi connectivity index (χ1) is 12.1. The Hall–Kier alpha value is -1.37. The summed E-state index contributed by atoms with van der Waals surface area (Å²) in [4.78, 5) is 20.6. The van der Waals surface area contributed by atoms with Gasteiger partial charge >= 0.3 is 0 Å². The molecule has 0 spiro atoms. The van der Waals surface area contributed by atoms with Crippen LogP contribution in [0.5, 0.6) is 0 Å². The molecule has 2 fully saturated rings. The highest BCUT2D eigenvalue weighted by Gasteiger charge is 2.42. The third kappa shape index (κ3) is 3.48. The SMILES string of the molecule is Cc1nc(CSc2ccccc2C(=O)N2CC3CCC(N)C3C2)cs1. The Kier molecular flexibility index (Phi) is 4.84. The van der Waals surface area contributed by atoms with Crippen LogP contribution in [0.3, 0.4) is 0 Å². The largest absolute Gasteiger partial charge is 0.338 e. The second-order valence-corrected chi connectivity index (χ2v) is 9.10. The van der Waals surface area contributed by atoms with Crippen LogP contribution in [0.25, 0.3) is 0 Å². The zero-order chi connectivity index (χ0) is 17.4. The summed E-state index contributed by atoms with van der Waals surface area (Å²) < 4.78 is 0. The summed E-state index contributed by atoms with van der Waals surface area (Å²) >= 11 is 3.36.